The molecule has 98 valence electrons. The van der Waals surface area contributed by atoms with Crippen LogP contribution in [0.15, 0.2) is 24.3 Å². The largest absolute Gasteiger partial charge is 0.372 e. The quantitative estimate of drug-likeness (QED) is 0.876. The molecule has 18 heavy (non-hydrogen) atoms. The topological polar surface area (TPSA) is 24.5 Å². The van der Waals surface area contributed by atoms with Crippen molar-refractivity contribution in [1.29, 1.82) is 0 Å². The van der Waals surface area contributed by atoms with Crippen molar-refractivity contribution in [2.75, 3.05) is 20.1 Å². The molecule has 2 heterocycles. The van der Waals surface area contributed by atoms with Crippen LogP contribution in [-0.2, 0) is 17.8 Å². The van der Waals surface area contributed by atoms with Crippen molar-refractivity contribution in [2.24, 2.45) is 0 Å². The molecule has 2 unspecified atom stereocenters. The molecular weight excluding hydrogens is 224 g/mol. The van der Waals surface area contributed by atoms with Crippen LogP contribution in [0.5, 0.6) is 0 Å². The SMILES string of the molecule is CNCc1cccc(CN2CC3CCC(C2)O3)c1. The molecule has 3 heteroatoms. The molecule has 0 amide bonds. The summed E-state index contributed by atoms with van der Waals surface area (Å²) in [5, 5.41) is 3.21. The summed E-state index contributed by atoms with van der Waals surface area (Å²) >= 11 is 0. The molecule has 1 aromatic carbocycles. The van der Waals surface area contributed by atoms with Gasteiger partial charge in [0.1, 0.15) is 0 Å². The van der Waals surface area contributed by atoms with Gasteiger partial charge in [-0.15, -0.1) is 0 Å². The summed E-state index contributed by atoms with van der Waals surface area (Å²) in [4.78, 5) is 2.55. The van der Waals surface area contributed by atoms with E-state index >= 15 is 0 Å². The molecule has 2 saturated heterocycles. The first kappa shape index (κ1) is 12.2. The van der Waals surface area contributed by atoms with Gasteiger partial charge in [0.25, 0.3) is 0 Å². The molecule has 3 rings (SSSR count). The smallest absolute Gasteiger partial charge is 0.0707 e. The molecule has 0 saturated carbocycles. The van der Waals surface area contributed by atoms with Gasteiger partial charge in [-0.05, 0) is 31.0 Å². The zero-order valence-electron chi connectivity index (χ0n) is 11.1. The van der Waals surface area contributed by atoms with Crippen molar-refractivity contribution in [3.63, 3.8) is 0 Å². The predicted molar refractivity (Wildman–Crippen MR) is 72.4 cm³/mol. The second-order valence-electron chi connectivity index (χ2n) is 5.50. The lowest BCUT2D eigenvalue weighted by molar-refractivity contribution is -0.0410. The van der Waals surface area contributed by atoms with Gasteiger partial charge in [0.05, 0.1) is 12.2 Å². The van der Waals surface area contributed by atoms with Crippen LogP contribution in [0.2, 0.25) is 0 Å². The Morgan fingerprint density at radius 1 is 1.22 bits per heavy atom. The van der Waals surface area contributed by atoms with Crippen LogP contribution in [0.25, 0.3) is 0 Å². The van der Waals surface area contributed by atoms with Gasteiger partial charge in [0, 0.05) is 26.2 Å². The van der Waals surface area contributed by atoms with E-state index in [4.69, 9.17) is 4.74 Å². The number of nitrogens with one attached hydrogen (secondary N) is 1. The third-order valence-electron chi connectivity index (χ3n) is 3.90. The minimum atomic E-state index is 0.490. The Bertz CT molecular complexity index is 395. The average molecular weight is 246 g/mol. The maximum Gasteiger partial charge on any atom is 0.0707 e. The van der Waals surface area contributed by atoms with Crippen molar-refractivity contribution in [1.82, 2.24) is 10.2 Å². The minimum absolute atomic E-state index is 0.490. The Kier molecular flexibility index (Phi) is 3.64. The van der Waals surface area contributed by atoms with Gasteiger partial charge in [-0.2, -0.15) is 0 Å². The second kappa shape index (κ2) is 5.39. The molecule has 0 aromatic heterocycles. The lowest BCUT2D eigenvalue weighted by atomic mass is 10.1. The highest BCUT2D eigenvalue weighted by Gasteiger charge is 2.33. The number of hydrogen-bond acceptors (Lipinski definition) is 3. The number of rotatable bonds is 4. The number of hydrogen-bond donors (Lipinski definition) is 1. The first-order valence-electron chi connectivity index (χ1n) is 6.94. The predicted octanol–water partition coefficient (Wildman–Crippen LogP) is 1.77. The van der Waals surface area contributed by atoms with E-state index in [2.05, 4.69) is 34.5 Å². The van der Waals surface area contributed by atoms with Crippen molar-refractivity contribution >= 4 is 0 Å². The lowest BCUT2D eigenvalue weighted by Crippen LogP contribution is -2.41. The maximum absolute atomic E-state index is 5.88. The zero-order valence-corrected chi connectivity index (χ0v) is 11.1. The fraction of sp³-hybridized carbons (Fsp3) is 0.600. The second-order valence-corrected chi connectivity index (χ2v) is 5.50. The van der Waals surface area contributed by atoms with E-state index in [-0.39, 0.29) is 0 Å². The van der Waals surface area contributed by atoms with Gasteiger partial charge >= 0.3 is 0 Å². The highest BCUT2D eigenvalue weighted by atomic mass is 16.5. The molecule has 1 aromatic rings. The van der Waals surface area contributed by atoms with E-state index in [1.807, 2.05) is 7.05 Å². The van der Waals surface area contributed by atoms with E-state index in [0.29, 0.717) is 12.2 Å². The van der Waals surface area contributed by atoms with E-state index in [9.17, 15) is 0 Å². The molecular formula is C15H22N2O. The summed E-state index contributed by atoms with van der Waals surface area (Å²) in [6, 6.07) is 8.89. The monoisotopic (exact) mass is 246 g/mol. The van der Waals surface area contributed by atoms with Crippen LogP contribution < -0.4 is 5.32 Å². The Labute approximate surface area is 109 Å². The maximum atomic E-state index is 5.88. The minimum Gasteiger partial charge on any atom is -0.372 e. The Morgan fingerprint density at radius 2 is 1.94 bits per heavy atom. The average Bonchev–Trinajstić information content (AvgIpc) is 2.70. The third kappa shape index (κ3) is 2.74. The molecule has 2 fully saturated rings. The van der Waals surface area contributed by atoms with Crippen LogP contribution in [0.1, 0.15) is 24.0 Å². The van der Waals surface area contributed by atoms with Gasteiger partial charge in [-0.3, -0.25) is 4.90 Å². The van der Waals surface area contributed by atoms with Crippen molar-refractivity contribution in [3.05, 3.63) is 35.4 Å². The normalized spacial score (nSPS) is 27.6. The first-order chi connectivity index (χ1) is 8.83. The number of likely N-dealkylation sites (tertiary alicyclic amines) is 1. The van der Waals surface area contributed by atoms with Gasteiger partial charge in [0.15, 0.2) is 0 Å². The molecule has 3 nitrogen and oxygen atoms in total. The summed E-state index contributed by atoms with van der Waals surface area (Å²) in [6.07, 6.45) is 3.48. The Balaban J connectivity index is 1.63. The number of ether oxygens (including phenoxy) is 1. The third-order valence-corrected chi connectivity index (χ3v) is 3.90. The molecule has 2 bridgehead atoms. The van der Waals surface area contributed by atoms with Crippen LogP contribution in [-0.4, -0.2) is 37.2 Å². The summed E-state index contributed by atoms with van der Waals surface area (Å²) in [5.41, 5.74) is 2.79. The molecule has 2 atom stereocenters. The Morgan fingerprint density at radius 3 is 2.67 bits per heavy atom. The zero-order chi connectivity index (χ0) is 12.4. The van der Waals surface area contributed by atoms with Gasteiger partial charge in [0.2, 0.25) is 0 Å². The molecule has 2 aliphatic heterocycles. The fourth-order valence-corrected chi connectivity index (χ4v) is 3.13. The Hall–Kier alpha value is -0.900. The van der Waals surface area contributed by atoms with Gasteiger partial charge in [-0.25, -0.2) is 0 Å². The van der Waals surface area contributed by atoms with Gasteiger partial charge in [-0.1, -0.05) is 24.3 Å². The lowest BCUT2D eigenvalue weighted by Gasteiger charge is -2.32. The fourth-order valence-electron chi connectivity index (χ4n) is 3.13. The van der Waals surface area contributed by atoms with Crippen LogP contribution in [0, 0.1) is 0 Å². The standard InChI is InChI=1S/C15H22N2O/c1-16-8-12-3-2-4-13(7-12)9-17-10-14-5-6-15(11-17)18-14/h2-4,7,14-16H,5-6,8-11H2,1H3. The summed E-state index contributed by atoms with van der Waals surface area (Å²) < 4.78 is 5.88. The van der Waals surface area contributed by atoms with Crippen molar-refractivity contribution in [2.45, 2.75) is 38.1 Å². The number of fused-ring (bicyclic) bond motifs is 2. The molecule has 0 radical (unpaired) electrons. The van der Waals surface area contributed by atoms with Crippen LogP contribution in [0.3, 0.4) is 0 Å². The van der Waals surface area contributed by atoms with E-state index < -0.39 is 0 Å². The van der Waals surface area contributed by atoms with E-state index in [0.717, 1.165) is 26.2 Å². The number of morpholine rings is 1. The molecule has 0 aliphatic carbocycles. The summed E-state index contributed by atoms with van der Waals surface area (Å²) in [5.74, 6) is 0. The van der Waals surface area contributed by atoms with Crippen molar-refractivity contribution in [3.8, 4) is 0 Å². The number of benzene rings is 1. The number of nitrogens with zero attached hydrogens (tertiary/aromatic N) is 1. The molecule has 1 N–H and O–H groups in total. The van der Waals surface area contributed by atoms with Gasteiger partial charge < -0.3 is 10.1 Å². The molecule has 0 spiro atoms. The molecule has 2 aliphatic rings. The highest BCUT2D eigenvalue weighted by molar-refractivity contribution is 5.23. The van der Waals surface area contributed by atoms with Crippen molar-refractivity contribution < 1.29 is 4.74 Å². The summed E-state index contributed by atoms with van der Waals surface area (Å²) in [6.45, 7) is 4.22. The van der Waals surface area contributed by atoms with Crippen LogP contribution >= 0.6 is 0 Å². The van der Waals surface area contributed by atoms with E-state index in [1.165, 1.54) is 24.0 Å². The summed E-state index contributed by atoms with van der Waals surface area (Å²) in [7, 11) is 1.99. The van der Waals surface area contributed by atoms with E-state index in [1.54, 1.807) is 0 Å². The van der Waals surface area contributed by atoms with Crippen LogP contribution in [0.4, 0.5) is 0 Å². The highest BCUT2D eigenvalue weighted by Crippen LogP contribution is 2.27. The first-order valence-corrected chi connectivity index (χ1v) is 6.94.